The summed E-state index contributed by atoms with van der Waals surface area (Å²) in [7, 11) is 0. The highest BCUT2D eigenvalue weighted by atomic mass is 32.2. The second kappa shape index (κ2) is 6.79. The Hall–Kier alpha value is 0.310. The molecular formula is C10H23NS. The molecular weight excluding hydrogens is 166 g/mol. The molecule has 0 aliphatic heterocycles. The van der Waals surface area contributed by atoms with E-state index in [0.29, 0.717) is 5.41 Å². The van der Waals surface area contributed by atoms with Gasteiger partial charge in [-0.2, -0.15) is 11.8 Å². The average Bonchev–Trinajstić information content (AvgIpc) is 2.04. The van der Waals surface area contributed by atoms with E-state index in [1.54, 1.807) is 0 Å². The quantitative estimate of drug-likeness (QED) is 0.623. The molecule has 0 unspecified atom stereocenters. The zero-order valence-corrected chi connectivity index (χ0v) is 9.54. The van der Waals surface area contributed by atoms with Crippen LogP contribution in [0.2, 0.25) is 0 Å². The molecule has 0 radical (unpaired) electrons. The summed E-state index contributed by atoms with van der Waals surface area (Å²) in [6, 6.07) is 0. The van der Waals surface area contributed by atoms with E-state index in [0.717, 1.165) is 6.54 Å². The van der Waals surface area contributed by atoms with Crippen molar-refractivity contribution in [3.05, 3.63) is 0 Å². The van der Waals surface area contributed by atoms with Crippen LogP contribution in [-0.4, -0.2) is 18.1 Å². The van der Waals surface area contributed by atoms with Gasteiger partial charge in [-0.15, -0.1) is 0 Å². The Morgan fingerprint density at radius 3 is 2.42 bits per heavy atom. The van der Waals surface area contributed by atoms with Crippen LogP contribution in [0.25, 0.3) is 0 Å². The molecule has 0 atom stereocenters. The van der Waals surface area contributed by atoms with E-state index in [4.69, 9.17) is 5.73 Å². The average molecular weight is 189 g/mol. The van der Waals surface area contributed by atoms with E-state index in [1.807, 2.05) is 11.8 Å². The summed E-state index contributed by atoms with van der Waals surface area (Å²) >= 11 is 2.04. The molecule has 0 aromatic rings. The van der Waals surface area contributed by atoms with Gasteiger partial charge in [-0.25, -0.2) is 0 Å². The molecule has 74 valence electrons. The molecule has 0 saturated carbocycles. The molecule has 0 aliphatic carbocycles. The number of unbranched alkanes of at least 4 members (excludes halogenated alkanes) is 1. The number of rotatable bonds is 7. The molecule has 0 aromatic carbocycles. The minimum Gasteiger partial charge on any atom is -0.330 e. The zero-order valence-electron chi connectivity index (χ0n) is 8.73. The van der Waals surface area contributed by atoms with Gasteiger partial charge in [0, 0.05) is 0 Å². The number of hydrogen-bond acceptors (Lipinski definition) is 2. The van der Waals surface area contributed by atoms with E-state index in [2.05, 4.69) is 20.8 Å². The van der Waals surface area contributed by atoms with Crippen molar-refractivity contribution in [2.24, 2.45) is 11.1 Å². The third kappa shape index (κ3) is 6.99. The number of hydrogen-bond donors (Lipinski definition) is 1. The summed E-state index contributed by atoms with van der Waals surface area (Å²) in [5.41, 5.74) is 6.00. The fourth-order valence-electron chi connectivity index (χ4n) is 1.05. The van der Waals surface area contributed by atoms with Crippen LogP contribution in [0.4, 0.5) is 0 Å². The van der Waals surface area contributed by atoms with Gasteiger partial charge in [0.2, 0.25) is 0 Å². The van der Waals surface area contributed by atoms with Gasteiger partial charge < -0.3 is 5.73 Å². The third-order valence-electron chi connectivity index (χ3n) is 2.15. The molecule has 0 saturated heterocycles. The smallest absolute Gasteiger partial charge is 0.00258 e. The molecule has 0 aromatic heterocycles. The lowest BCUT2D eigenvalue weighted by Crippen LogP contribution is -2.23. The summed E-state index contributed by atoms with van der Waals surface area (Å²) in [4.78, 5) is 0. The fraction of sp³-hybridized carbons (Fsp3) is 1.00. The fourth-order valence-corrected chi connectivity index (χ4v) is 1.75. The predicted molar refractivity (Wildman–Crippen MR) is 59.7 cm³/mol. The van der Waals surface area contributed by atoms with Crippen LogP contribution >= 0.6 is 11.8 Å². The van der Waals surface area contributed by atoms with Crippen LogP contribution in [0.5, 0.6) is 0 Å². The highest BCUT2D eigenvalue weighted by Gasteiger charge is 2.13. The Bertz CT molecular complexity index is 102. The predicted octanol–water partition coefficient (Wildman–Crippen LogP) is 2.89. The topological polar surface area (TPSA) is 26.0 Å². The van der Waals surface area contributed by atoms with Gasteiger partial charge in [-0.3, -0.25) is 0 Å². The maximum atomic E-state index is 5.64. The monoisotopic (exact) mass is 189 g/mol. The van der Waals surface area contributed by atoms with E-state index in [-0.39, 0.29) is 0 Å². The van der Waals surface area contributed by atoms with Gasteiger partial charge in [-0.1, -0.05) is 27.2 Å². The molecule has 0 amide bonds. The van der Waals surface area contributed by atoms with Crippen molar-refractivity contribution >= 4 is 11.8 Å². The van der Waals surface area contributed by atoms with Gasteiger partial charge in [0.1, 0.15) is 0 Å². The first kappa shape index (κ1) is 12.3. The van der Waals surface area contributed by atoms with Gasteiger partial charge in [0.15, 0.2) is 0 Å². The molecule has 0 fully saturated rings. The van der Waals surface area contributed by atoms with Crippen LogP contribution in [0.1, 0.15) is 40.0 Å². The molecule has 0 bridgehead atoms. The van der Waals surface area contributed by atoms with E-state index in [1.165, 1.54) is 30.8 Å². The second-order valence-electron chi connectivity index (χ2n) is 4.02. The zero-order chi connectivity index (χ0) is 9.45. The van der Waals surface area contributed by atoms with E-state index in [9.17, 15) is 0 Å². The summed E-state index contributed by atoms with van der Waals surface area (Å²) in [6.07, 6.45) is 3.95. The lowest BCUT2D eigenvalue weighted by molar-refractivity contribution is 0.336. The Kier molecular flexibility index (Phi) is 6.96. The molecule has 0 heterocycles. The van der Waals surface area contributed by atoms with Crippen molar-refractivity contribution in [2.75, 3.05) is 18.1 Å². The SMILES string of the molecule is CCSCCCCC(C)(C)CN. The molecule has 12 heavy (non-hydrogen) atoms. The highest BCUT2D eigenvalue weighted by molar-refractivity contribution is 7.99. The Morgan fingerprint density at radius 2 is 1.92 bits per heavy atom. The third-order valence-corrected chi connectivity index (χ3v) is 3.13. The van der Waals surface area contributed by atoms with Crippen molar-refractivity contribution < 1.29 is 0 Å². The molecule has 0 aliphatic rings. The van der Waals surface area contributed by atoms with Crippen molar-refractivity contribution in [3.63, 3.8) is 0 Å². The van der Waals surface area contributed by atoms with Crippen LogP contribution in [-0.2, 0) is 0 Å². The summed E-state index contributed by atoms with van der Waals surface area (Å²) in [5, 5.41) is 0. The molecule has 2 heteroatoms. The Labute approximate surface area is 81.5 Å². The first-order chi connectivity index (χ1) is 5.62. The minimum absolute atomic E-state index is 0.358. The molecule has 0 rings (SSSR count). The van der Waals surface area contributed by atoms with Gasteiger partial charge in [0.25, 0.3) is 0 Å². The largest absolute Gasteiger partial charge is 0.330 e. The van der Waals surface area contributed by atoms with Gasteiger partial charge in [-0.05, 0) is 36.3 Å². The normalized spacial score (nSPS) is 12.0. The molecule has 1 nitrogen and oxygen atoms in total. The first-order valence-corrected chi connectivity index (χ1v) is 6.05. The van der Waals surface area contributed by atoms with E-state index < -0.39 is 0 Å². The second-order valence-corrected chi connectivity index (χ2v) is 5.42. The van der Waals surface area contributed by atoms with Gasteiger partial charge in [0.05, 0.1) is 0 Å². The number of nitrogens with two attached hydrogens (primary N) is 1. The maximum Gasteiger partial charge on any atom is -0.00258 e. The van der Waals surface area contributed by atoms with Crippen LogP contribution < -0.4 is 5.73 Å². The molecule has 2 N–H and O–H groups in total. The van der Waals surface area contributed by atoms with Crippen molar-refractivity contribution in [1.29, 1.82) is 0 Å². The first-order valence-electron chi connectivity index (χ1n) is 4.90. The van der Waals surface area contributed by atoms with Crippen LogP contribution in [0, 0.1) is 5.41 Å². The minimum atomic E-state index is 0.358. The van der Waals surface area contributed by atoms with Crippen molar-refractivity contribution in [2.45, 2.75) is 40.0 Å². The highest BCUT2D eigenvalue weighted by Crippen LogP contribution is 2.21. The van der Waals surface area contributed by atoms with Gasteiger partial charge >= 0.3 is 0 Å². The van der Waals surface area contributed by atoms with Crippen LogP contribution in [0.3, 0.4) is 0 Å². The molecule has 0 spiro atoms. The standard InChI is InChI=1S/C10H23NS/c1-4-12-8-6-5-7-10(2,3)9-11/h4-9,11H2,1-3H3. The lowest BCUT2D eigenvalue weighted by Gasteiger charge is -2.21. The lowest BCUT2D eigenvalue weighted by atomic mass is 9.88. The summed E-state index contributed by atoms with van der Waals surface area (Å²) in [6.45, 7) is 7.53. The van der Waals surface area contributed by atoms with Crippen LogP contribution in [0.15, 0.2) is 0 Å². The van der Waals surface area contributed by atoms with Crippen molar-refractivity contribution in [1.82, 2.24) is 0 Å². The Balaban J connectivity index is 3.19. The van der Waals surface area contributed by atoms with E-state index >= 15 is 0 Å². The van der Waals surface area contributed by atoms with Crippen molar-refractivity contribution in [3.8, 4) is 0 Å². The Morgan fingerprint density at radius 1 is 1.25 bits per heavy atom. The summed E-state index contributed by atoms with van der Waals surface area (Å²) < 4.78 is 0. The number of thioether (sulfide) groups is 1. The summed E-state index contributed by atoms with van der Waals surface area (Å²) in [5.74, 6) is 2.57. The maximum absolute atomic E-state index is 5.64.